The number of carbonyl (C=O) groups is 1. The fourth-order valence-corrected chi connectivity index (χ4v) is 0.868. The molecular formula is C9H19NO2. The van der Waals surface area contributed by atoms with E-state index in [1.807, 2.05) is 0 Å². The van der Waals surface area contributed by atoms with E-state index in [0.717, 1.165) is 0 Å². The molecule has 0 rings (SSSR count). The van der Waals surface area contributed by atoms with E-state index in [1.165, 1.54) is 13.8 Å². The summed E-state index contributed by atoms with van der Waals surface area (Å²) in [5.74, 6) is -0.549. The molecule has 0 heterocycles. The average molecular weight is 173 g/mol. The van der Waals surface area contributed by atoms with Crippen LogP contribution in [0, 0.1) is 5.92 Å². The molecule has 3 nitrogen and oxygen atoms in total. The Kier molecular flexibility index (Phi) is 3.04. The summed E-state index contributed by atoms with van der Waals surface area (Å²) in [6, 6.07) is 0. The Labute approximate surface area is 74.0 Å². The molecule has 0 aromatic carbocycles. The van der Waals surface area contributed by atoms with Crippen LogP contribution >= 0.6 is 0 Å². The summed E-state index contributed by atoms with van der Waals surface area (Å²) < 4.78 is 0. The first-order valence-corrected chi connectivity index (χ1v) is 4.12. The lowest BCUT2D eigenvalue weighted by molar-refractivity contribution is -0.139. The molecule has 0 aromatic heterocycles. The van der Waals surface area contributed by atoms with E-state index in [4.69, 9.17) is 5.73 Å². The van der Waals surface area contributed by atoms with Gasteiger partial charge in [0, 0.05) is 11.5 Å². The van der Waals surface area contributed by atoms with Crippen LogP contribution in [0.5, 0.6) is 0 Å². The molecule has 0 aliphatic heterocycles. The van der Waals surface area contributed by atoms with Gasteiger partial charge in [0.15, 0.2) is 5.78 Å². The smallest absolute Gasteiger partial charge is 0.168 e. The summed E-state index contributed by atoms with van der Waals surface area (Å²) >= 11 is 0. The van der Waals surface area contributed by atoms with Crippen LogP contribution in [0.25, 0.3) is 0 Å². The van der Waals surface area contributed by atoms with Crippen molar-refractivity contribution in [2.45, 2.75) is 45.8 Å². The first kappa shape index (κ1) is 11.6. The van der Waals surface area contributed by atoms with Crippen molar-refractivity contribution in [3.05, 3.63) is 0 Å². The standard InChI is InChI=1S/C9H19NO2/c1-6(8(2,3)10)7(11)9(4,5)12/h6,12H,10H2,1-5H3/t6-/m0/s1. The zero-order chi connectivity index (χ0) is 10.2. The Morgan fingerprint density at radius 3 is 1.75 bits per heavy atom. The van der Waals surface area contributed by atoms with E-state index in [1.54, 1.807) is 20.8 Å². The van der Waals surface area contributed by atoms with Gasteiger partial charge in [-0.15, -0.1) is 0 Å². The van der Waals surface area contributed by atoms with Crippen molar-refractivity contribution in [2.75, 3.05) is 0 Å². The molecule has 3 N–H and O–H groups in total. The first-order valence-electron chi connectivity index (χ1n) is 4.12. The highest BCUT2D eigenvalue weighted by atomic mass is 16.3. The number of ketones is 1. The minimum atomic E-state index is -1.28. The maximum absolute atomic E-state index is 11.5. The summed E-state index contributed by atoms with van der Waals surface area (Å²) in [6.07, 6.45) is 0. The summed E-state index contributed by atoms with van der Waals surface area (Å²) in [4.78, 5) is 11.5. The predicted octanol–water partition coefficient (Wildman–Crippen LogP) is 0.700. The fourth-order valence-electron chi connectivity index (χ4n) is 0.868. The van der Waals surface area contributed by atoms with Gasteiger partial charge < -0.3 is 10.8 Å². The molecule has 0 aromatic rings. The number of hydrogen-bond donors (Lipinski definition) is 2. The van der Waals surface area contributed by atoms with Gasteiger partial charge in [0.05, 0.1) is 0 Å². The quantitative estimate of drug-likeness (QED) is 0.660. The Morgan fingerprint density at radius 2 is 1.67 bits per heavy atom. The monoisotopic (exact) mass is 173 g/mol. The molecule has 0 fully saturated rings. The minimum Gasteiger partial charge on any atom is -0.383 e. The molecule has 72 valence electrons. The van der Waals surface area contributed by atoms with Gasteiger partial charge in [-0.3, -0.25) is 4.79 Å². The lowest BCUT2D eigenvalue weighted by Crippen LogP contribution is -2.49. The molecular weight excluding hydrogens is 154 g/mol. The molecule has 0 aliphatic rings. The third kappa shape index (κ3) is 2.91. The molecule has 0 bridgehead atoms. The van der Waals surface area contributed by atoms with Crippen LogP contribution in [0.1, 0.15) is 34.6 Å². The summed E-state index contributed by atoms with van der Waals surface area (Å²) in [5, 5.41) is 9.41. The normalized spacial score (nSPS) is 15.9. The van der Waals surface area contributed by atoms with Crippen molar-refractivity contribution in [3.8, 4) is 0 Å². The largest absolute Gasteiger partial charge is 0.383 e. The number of rotatable bonds is 3. The van der Waals surface area contributed by atoms with Crippen molar-refractivity contribution >= 4 is 5.78 Å². The average Bonchev–Trinajstić information content (AvgIpc) is 1.80. The summed E-state index contributed by atoms with van der Waals surface area (Å²) in [7, 11) is 0. The van der Waals surface area contributed by atoms with Gasteiger partial charge in [0.25, 0.3) is 0 Å². The molecule has 0 amide bonds. The van der Waals surface area contributed by atoms with Gasteiger partial charge in [-0.2, -0.15) is 0 Å². The molecule has 1 atom stereocenters. The van der Waals surface area contributed by atoms with Crippen LogP contribution in [0.4, 0.5) is 0 Å². The van der Waals surface area contributed by atoms with E-state index < -0.39 is 11.1 Å². The summed E-state index contributed by atoms with van der Waals surface area (Å²) in [6.45, 7) is 8.26. The van der Waals surface area contributed by atoms with Crippen LogP contribution in [0.3, 0.4) is 0 Å². The number of aliphatic hydroxyl groups is 1. The van der Waals surface area contributed by atoms with E-state index in [2.05, 4.69) is 0 Å². The molecule has 0 unspecified atom stereocenters. The zero-order valence-corrected chi connectivity index (χ0v) is 8.51. The fraction of sp³-hybridized carbons (Fsp3) is 0.889. The van der Waals surface area contributed by atoms with Gasteiger partial charge >= 0.3 is 0 Å². The van der Waals surface area contributed by atoms with Crippen LogP contribution in [0.2, 0.25) is 0 Å². The minimum absolute atomic E-state index is 0.213. The van der Waals surface area contributed by atoms with Crippen LogP contribution < -0.4 is 5.73 Å². The van der Waals surface area contributed by atoms with Gasteiger partial charge in [-0.05, 0) is 27.7 Å². The van der Waals surface area contributed by atoms with Crippen molar-refractivity contribution < 1.29 is 9.90 Å². The van der Waals surface area contributed by atoms with Crippen LogP contribution in [-0.2, 0) is 4.79 Å². The Balaban J connectivity index is 4.53. The molecule has 0 saturated heterocycles. The van der Waals surface area contributed by atoms with Gasteiger partial charge in [0.1, 0.15) is 5.60 Å². The van der Waals surface area contributed by atoms with Gasteiger partial charge in [-0.1, -0.05) is 6.92 Å². The highest BCUT2D eigenvalue weighted by molar-refractivity contribution is 5.89. The highest BCUT2D eigenvalue weighted by Gasteiger charge is 2.35. The Morgan fingerprint density at radius 1 is 1.33 bits per heavy atom. The second-order valence-electron chi connectivity index (χ2n) is 4.47. The summed E-state index contributed by atoms with van der Waals surface area (Å²) in [5.41, 5.74) is 3.89. The van der Waals surface area contributed by atoms with Crippen molar-refractivity contribution in [3.63, 3.8) is 0 Å². The lowest BCUT2D eigenvalue weighted by Gasteiger charge is -2.30. The number of carbonyl (C=O) groups excluding carboxylic acids is 1. The maximum Gasteiger partial charge on any atom is 0.168 e. The predicted molar refractivity (Wildman–Crippen MR) is 48.7 cm³/mol. The number of hydrogen-bond acceptors (Lipinski definition) is 3. The lowest BCUT2D eigenvalue weighted by atomic mass is 9.81. The Hall–Kier alpha value is -0.410. The number of Topliss-reactive ketones (excluding diaryl/α,β-unsaturated/α-hetero) is 1. The van der Waals surface area contributed by atoms with Crippen LogP contribution in [0.15, 0.2) is 0 Å². The van der Waals surface area contributed by atoms with E-state index in [-0.39, 0.29) is 11.7 Å². The van der Waals surface area contributed by atoms with Crippen molar-refractivity contribution in [2.24, 2.45) is 11.7 Å². The third-order valence-electron chi connectivity index (χ3n) is 2.11. The SMILES string of the molecule is C[C@@H](C(=O)C(C)(C)O)C(C)(C)N. The molecule has 0 aliphatic carbocycles. The molecule has 0 spiro atoms. The second kappa shape index (κ2) is 3.15. The van der Waals surface area contributed by atoms with E-state index >= 15 is 0 Å². The molecule has 3 heteroatoms. The molecule has 12 heavy (non-hydrogen) atoms. The zero-order valence-electron chi connectivity index (χ0n) is 8.51. The molecule has 0 radical (unpaired) electrons. The van der Waals surface area contributed by atoms with E-state index in [0.29, 0.717) is 0 Å². The van der Waals surface area contributed by atoms with Crippen molar-refractivity contribution in [1.82, 2.24) is 0 Å². The second-order valence-corrected chi connectivity index (χ2v) is 4.47. The maximum atomic E-state index is 11.5. The Bertz CT molecular complexity index is 174. The van der Waals surface area contributed by atoms with Gasteiger partial charge in [-0.25, -0.2) is 0 Å². The molecule has 0 saturated carbocycles. The van der Waals surface area contributed by atoms with Crippen molar-refractivity contribution in [1.29, 1.82) is 0 Å². The highest BCUT2D eigenvalue weighted by Crippen LogP contribution is 2.19. The third-order valence-corrected chi connectivity index (χ3v) is 2.11. The topological polar surface area (TPSA) is 63.3 Å². The van der Waals surface area contributed by atoms with Crippen LogP contribution in [-0.4, -0.2) is 22.0 Å². The van der Waals surface area contributed by atoms with Gasteiger partial charge in [0.2, 0.25) is 0 Å². The van der Waals surface area contributed by atoms with E-state index in [9.17, 15) is 9.90 Å². The number of nitrogens with two attached hydrogens (primary N) is 1. The first-order chi connectivity index (χ1) is 5.07.